The van der Waals surface area contributed by atoms with Gasteiger partial charge in [0.2, 0.25) is 0 Å². The number of morpholine rings is 1. The molecular formula is C20H24N2O4S. The second-order valence-corrected chi connectivity index (χ2v) is 7.57. The summed E-state index contributed by atoms with van der Waals surface area (Å²) in [4.78, 5) is 29.3. The van der Waals surface area contributed by atoms with Gasteiger partial charge in [0.25, 0.3) is 5.91 Å². The lowest BCUT2D eigenvalue weighted by Crippen LogP contribution is -2.35. The molecule has 3 rings (SSSR count). The Balaban J connectivity index is 1.91. The fourth-order valence-electron chi connectivity index (χ4n) is 3.03. The topological polar surface area (TPSA) is 67.9 Å². The summed E-state index contributed by atoms with van der Waals surface area (Å²) in [5.74, 6) is -0.634. The number of hydrogen-bond donors (Lipinski definition) is 1. The molecule has 0 atom stereocenters. The Morgan fingerprint density at radius 3 is 2.59 bits per heavy atom. The minimum absolute atomic E-state index is 0.234. The Bertz CT molecular complexity index is 798. The lowest BCUT2D eigenvalue weighted by atomic mass is 10.1. The second kappa shape index (κ2) is 9.12. The largest absolute Gasteiger partial charge is 0.462 e. The fraction of sp³-hybridized carbons (Fsp3) is 0.400. The van der Waals surface area contributed by atoms with E-state index in [1.54, 1.807) is 19.1 Å². The molecule has 27 heavy (non-hydrogen) atoms. The maximum Gasteiger partial charge on any atom is 0.341 e. The van der Waals surface area contributed by atoms with Crippen molar-refractivity contribution >= 4 is 28.9 Å². The van der Waals surface area contributed by atoms with Crippen LogP contribution in [-0.4, -0.2) is 49.7 Å². The number of carbonyl (C=O) groups is 2. The fourth-order valence-corrected chi connectivity index (χ4v) is 4.19. The first-order chi connectivity index (χ1) is 13.1. The molecule has 6 nitrogen and oxygen atoms in total. The maximum atomic E-state index is 12.7. The number of benzene rings is 1. The van der Waals surface area contributed by atoms with Crippen molar-refractivity contribution in [3.05, 3.63) is 51.2 Å². The van der Waals surface area contributed by atoms with Crippen LogP contribution in [0.4, 0.5) is 5.69 Å². The van der Waals surface area contributed by atoms with Gasteiger partial charge in [-0.25, -0.2) is 4.79 Å². The van der Waals surface area contributed by atoms with Crippen LogP contribution in [-0.2, 0) is 16.0 Å². The Hall–Kier alpha value is -2.22. The summed E-state index contributed by atoms with van der Waals surface area (Å²) in [6.45, 7) is 7.67. The highest BCUT2D eigenvalue weighted by atomic mass is 32.1. The van der Waals surface area contributed by atoms with Crippen molar-refractivity contribution in [3.8, 4) is 0 Å². The summed E-state index contributed by atoms with van der Waals surface area (Å²) >= 11 is 1.53. The average Bonchev–Trinajstić information content (AvgIpc) is 2.98. The first-order valence-corrected chi connectivity index (χ1v) is 9.87. The van der Waals surface area contributed by atoms with E-state index in [4.69, 9.17) is 9.47 Å². The van der Waals surface area contributed by atoms with Crippen LogP contribution in [0.25, 0.3) is 0 Å². The number of carbonyl (C=O) groups excluding carboxylic acids is 2. The predicted octanol–water partition coefficient (Wildman–Crippen LogP) is 3.32. The SMILES string of the molecule is CCOC(=O)c1c(C)sc(CN2CCOCC2)c1NC(=O)c1ccccc1. The zero-order valence-electron chi connectivity index (χ0n) is 15.6. The van der Waals surface area contributed by atoms with E-state index in [9.17, 15) is 9.59 Å². The van der Waals surface area contributed by atoms with Crippen LogP contribution in [0.2, 0.25) is 0 Å². The minimum Gasteiger partial charge on any atom is -0.462 e. The quantitative estimate of drug-likeness (QED) is 0.769. The molecule has 1 fully saturated rings. The summed E-state index contributed by atoms with van der Waals surface area (Å²) in [5.41, 5.74) is 1.57. The highest BCUT2D eigenvalue weighted by molar-refractivity contribution is 7.13. The molecule has 0 saturated carbocycles. The van der Waals surface area contributed by atoms with Crippen LogP contribution in [0.3, 0.4) is 0 Å². The van der Waals surface area contributed by atoms with Gasteiger partial charge in [-0.3, -0.25) is 9.69 Å². The highest BCUT2D eigenvalue weighted by Gasteiger charge is 2.26. The molecule has 0 bridgehead atoms. The highest BCUT2D eigenvalue weighted by Crippen LogP contribution is 2.35. The van der Waals surface area contributed by atoms with Crippen molar-refractivity contribution in [2.45, 2.75) is 20.4 Å². The van der Waals surface area contributed by atoms with Crippen molar-refractivity contribution in [3.63, 3.8) is 0 Å². The number of amides is 1. The summed E-state index contributed by atoms with van der Waals surface area (Å²) in [6.07, 6.45) is 0. The van der Waals surface area contributed by atoms with E-state index < -0.39 is 5.97 Å². The van der Waals surface area contributed by atoms with Crippen LogP contribution in [0.5, 0.6) is 0 Å². The van der Waals surface area contributed by atoms with Gasteiger partial charge in [0.1, 0.15) is 0 Å². The van der Waals surface area contributed by atoms with Gasteiger partial charge in [-0.15, -0.1) is 11.3 Å². The normalized spacial score (nSPS) is 14.7. The molecule has 1 amide bonds. The van der Waals surface area contributed by atoms with Crippen LogP contribution in [0.15, 0.2) is 30.3 Å². The van der Waals surface area contributed by atoms with Gasteiger partial charge in [-0.05, 0) is 26.0 Å². The van der Waals surface area contributed by atoms with Gasteiger partial charge in [0.15, 0.2) is 0 Å². The molecule has 1 aliphatic rings. The maximum absolute atomic E-state index is 12.7. The van der Waals surface area contributed by atoms with E-state index in [1.807, 2.05) is 25.1 Å². The summed E-state index contributed by atoms with van der Waals surface area (Å²) < 4.78 is 10.6. The summed E-state index contributed by atoms with van der Waals surface area (Å²) in [6, 6.07) is 8.99. The number of nitrogens with one attached hydrogen (secondary N) is 1. The Morgan fingerprint density at radius 2 is 1.93 bits per heavy atom. The monoisotopic (exact) mass is 388 g/mol. The third-order valence-electron chi connectivity index (χ3n) is 4.38. The Kier molecular flexibility index (Phi) is 6.60. The van der Waals surface area contributed by atoms with Gasteiger partial charge in [-0.2, -0.15) is 0 Å². The number of nitrogens with zero attached hydrogens (tertiary/aromatic N) is 1. The van der Waals surface area contributed by atoms with Crippen molar-refractivity contribution < 1.29 is 19.1 Å². The smallest absolute Gasteiger partial charge is 0.341 e. The van der Waals surface area contributed by atoms with Gasteiger partial charge in [0.05, 0.1) is 31.1 Å². The standard InChI is InChI=1S/C20H24N2O4S/c1-3-26-20(24)17-14(2)27-16(13-22-9-11-25-12-10-22)18(17)21-19(23)15-7-5-4-6-8-15/h4-8H,3,9-13H2,1-2H3,(H,21,23). The number of ether oxygens (including phenoxy) is 2. The number of thiophene rings is 1. The van der Waals surface area contributed by atoms with Gasteiger partial charge in [0, 0.05) is 35.0 Å². The molecule has 7 heteroatoms. The van der Waals surface area contributed by atoms with Crippen LogP contribution < -0.4 is 5.32 Å². The van der Waals surface area contributed by atoms with E-state index in [2.05, 4.69) is 10.2 Å². The van der Waals surface area contributed by atoms with Gasteiger partial charge < -0.3 is 14.8 Å². The van der Waals surface area contributed by atoms with E-state index in [0.717, 1.165) is 22.8 Å². The molecule has 1 aliphatic heterocycles. The first-order valence-electron chi connectivity index (χ1n) is 9.06. The number of hydrogen-bond acceptors (Lipinski definition) is 6. The van der Waals surface area contributed by atoms with E-state index in [1.165, 1.54) is 11.3 Å². The summed E-state index contributed by atoms with van der Waals surface area (Å²) in [5, 5.41) is 2.96. The molecule has 2 heterocycles. The van der Waals surface area contributed by atoms with Crippen LogP contribution in [0, 0.1) is 6.92 Å². The van der Waals surface area contributed by atoms with Gasteiger partial charge in [-0.1, -0.05) is 18.2 Å². The zero-order chi connectivity index (χ0) is 19.2. The molecule has 144 valence electrons. The first kappa shape index (κ1) is 19.5. The molecule has 0 radical (unpaired) electrons. The number of anilines is 1. The average molecular weight is 388 g/mol. The third kappa shape index (κ3) is 4.74. The second-order valence-electron chi connectivity index (χ2n) is 6.26. The van der Waals surface area contributed by atoms with E-state index in [-0.39, 0.29) is 5.91 Å². The molecule has 2 aromatic rings. The van der Waals surface area contributed by atoms with Crippen molar-refractivity contribution in [2.24, 2.45) is 0 Å². The van der Waals surface area contributed by atoms with E-state index in [0.29, 0.717) is 43.2 Å². The molecule has 0 aliphatic carbocycles. The van der Waals surface area contributed by atoms with Crippen molar-refractivity contribution in [2.75, 3.05) is 38.2 Å². The molecule has 1 aromatic carbocycles. The molecule has 1 N–H and O–H groups in total. The van der Waals surface area contributed by atoms with Crippen molar-refractivity contribution in [1.82, 2.24) is 4.90 Å². The third-order valence-corrected chi connectivity index (χ3v) is 5.47. The van der Waals surface area contributed by atoms with Crippen molar-refractivity contribution in [1.29, 1.82) is 0 Å². The molecule has 0 unspecified atom stereocenters. The van der Waals surface area contributed by atoms with E-state index >= 15 is 0 Å². The molecule has 0 spiro atoms. The van der Waals surface area contributed by atoms with Crippen LogP contribution in [0.1, 0.15) is 37.4 Å². The Labute approximate surface area is 163 Å². The van der Waals surface area contributed by atoms with Gasteiger partial charge >= 0.3 is 5.97 Å². The number of rotatable bonds is 6. The molecule has 1 aromatic heterocycles. The summed E-state index contributed by atoms with van der Waals surface area (Å²) in [7, 11) is 0. The zero-order valence-corrected chi connectivity index (χ0v) is 16.4. The predicted molar refractivity (Wildman–Crippen MR) is 106 cm³/mol. The minimum atomic E-state index is -0.400. The number of esters is 1. The lowest BCUT2D eigenvalue weighted by Gasteiger charge is -2.26. The molecular weight excluding hydrogens is 364 g/mol. The molecule has 1 saturated heterocycles. The van der Waals surface area contributed by atoms with Crippen LogP contribution >= 0.6 is 11.3 Å². The lowest BCUT2D eigenvalue weighted by molar-refractivity contribution is 0.0346. The Morgan fingerprint density at radius 1 is 1.22 bits per heavy atom. The number of aryl methyl sites for hydroxylation is 1.